The molecule has 3 aromatic carbocycles. The highest BCUT2D eigenvalue weighted by atomic mass is 35.5. The van der Waals surface area contributed by atoms with E-state index in [1.807, 2.05) is 67.7 Å². The van der Waals surface area contributed by atoms with Crippen LogP contribution in [0.4, 0.5) is 5.82 Å². The summed E-state index contributed by atoms with van der Waals surface area (Å²) >= 11 is 7.76. The first kappa shape index (κ1) is 26.7. The quantitative estimate of drug-likeness (QED) is 0.129. The summed E-state index contributed by atoms with van der Waals surface area (Å²) in [6.07, 6.45) is 1.74. The standard InChI is InChI=1S/C30H31ClN4OS/c1-3-17-35(2)28-20-27(31)33-30(34-28)37-21-23-13-10-16-25(18-23)29(36)32-26(24-14-8-5-9-15-24)19-22-11-6-4-7-12-22/h4-16,18,20,26H,3,17,19,21H2,1-2H3,(H,32,36). The number of thioether (sulfide) groups is 1. The maximum atomic E-state index is 13.3. The van der Waals surface area contributed by atoms with E-state index in [-0.39, 0.29) is 11.9 Å². The number of nitrogens with one attached hydrogen (secondary N) is 1. The first-order valence-electron chi connectivity index (χ1n) is 12.4. The molecule has 0 aliphatic heterocycles. The maximum Gasteiger partial charge on any atom is 0.251 e. The van der Waals surface area contributed by atoms with E-state index in [9.17, 15) is 4.79 Å². The molecule has 0 saturated heterocycles. The minimum absolute atomic E-state index is 0.0980. The molecule has 0 bridgehead atoms. The van der Waals surface area contributed by atoms with Gasteiger partial charge in [-0.3, -0.25) is 4.79 Å². The smallest absolute Gasteiger partial charge is 0.251 e. The van der Waals surface area contributed by atoms with E-state index >= 15 is 0 Å². The van der Waals surface area contributed by atoms with E-state index < -0.39 is 0 Å². The van der Waals surface area contributed by atoms with Crippen molar-refractivity contribution in [3.8, 4) is 0 Å². The van der Waals surface area contributed by atoms with Crippen LogP contribution in [0.3, 0.4) is 0 Å². The third-order valence-electron chi connectivity index (χ3n) is 5.96. The van der Waals surface area contributed by atoms with Crippen molar-refractivity contribution in [1.29, 1.82) is 0 Å². The number of nitrogens with zero attached hydrogens (tertiary/aromatic N) is 3. The van der Waals surface area contributed by atoms with Crippen LogP contribution in [0.2, 0.25) is 5.15 Å². The average Bonchev–Trinajstić information content (AvgIpc) is 2.92. The molecule has 0 aliphatic rings. The second-order valence-corrected chi connectivity index (χ2v) is 10.2. The van der Waals surface area contributed by atoms with Gasteiger partial charge in [-0.2, -0.15) is 0 Å². The lowest BCUT2D eigenvalue weighted by atomic mass is 9.98. The highest BCUT2D eigenvalue weighted by Gasteiger charge is 2.17. The van der Waals surface area contributed by atoms with Gasteiger partial charge in [-0.25, -0.2) is 9.97 Å². The first-order chi connectivity index (χ1) is 18.0. The number of carbonyl (C=O) groups excluding carboxylic acids is 1. The van der Waals surface area contributed by atoms with Gasteiger partial charge in [0.25, 0.3) is 5.91 Å². The molecule has 1 heterocycles. The van der Waals surface area contributed by atoms with Crippen LogP contribution < -0.4 is 10.2 Å². The molecular formula is C30H31ClN4OS. The Kier molecular flexibility index (Phi) is 9.58. The first-order valence-corrected chi connectivity index (χ1v) is 13.8. The van der Waals surface area contributed by atoms with Crippen LogP contribution in [0, 0.1) is 0 Å². The lowest BCUT2D eigenvalue weighted by Crippen LogP contribution is -2.30. The van der Waals surface area contributed by atoms with E-state index in [2.05, 4.69) is 51.4 Å². The van der Waals surface area contributed by atoms with Gasteiger partial charge in [-0.1, -0.05) is 103 Å². The molecular weight excluding hydrogens is 500 g/mol. The highest BCUT2D eigenvalue weighted by Crippen LogP contribution is 2.25. The van der Waals surface area contributed by atoms with Gasteiger partial charge in [0.2, 0.25) is 0 Å². The van der Waals surface area contributed by atoms with Crippen molar-refractivity contribution >= 4 is 35.1 Å². The molecule has 0 radical (unpaired) electrons. The van der Waals surface area contributed by atoms with Gasteiger partial charge in [-0.05, 0) is 41.7 Å². The number of benzene rings is 3. The molecule has 0 saturated carbocycles. The molecule has 1 atom stereocenters. The Morgan fingerprint density at radius 2 is 1.65 bits per heavy atom. The molecule has 5 nitrogen and oxygen atoms in total. The summed E-state index contributed by atoms with van der Waals surface area (Å²) in [7, 11) is 2.00. The molecule has 37 heavy (non-hydrogen) atoms. The Morgan fingerprint density at radius 1 is 0.946 bits per heavy atom. The van der Waals surface area contributed by atoms with Crippen LogP contribution in [0.1, 0.15) is 46.4 Å². The molecule has 0 aliphatic carbocycles. The summed E-state index contributed by atoms with van der Waals surface area (Å²) in [5.41, 5.74) is 3.90. The third-order valence-corrected chi connectivity index (χ3v) is 7.07. The van der Waals surface area contributed by atoms with Crippen molar-refractivity contribution in [2.24, 2.45) is 0 Å². The van der Waals surface area contributed by atoms with E-state index in [0.717, 1.165) is 29.9 Å². The Labute approximate surface area is 228 Å². The molecule has 1 aromatic heterocycles. The molecule has 1 N–H and O–H groups in total. The van der Waals surface area contributed by atoms with Crippen LogP contribution in [0.15, 0.2) is 96.2 Å². The summed E-state index contributed by atoms with van der Waals surface area (Å²) in [4.78, 5) is 24.4. The molecule has 4 rings (SSSR count). The van der Waals surface area contributed by atoms with E-state index in [1.54, 1.807) is 6.07 Å². The topological polar surface area (TPSA) is 58.1 Å². The second kappa shape index (κ2) is 13.3. The number of amides is 1. The maximum absolute atomic E-state index is 13.3. The SMILES string of the molecule is CCCN(C)c1cc(Cl)nc(SCc2cccc(C(=O)NC(Cc3ccccc3)c3ccccc3)c2)n1. The number of carbonyl (C=O) groups is 1. The fourth-order valence-electron chi connectivity index (χ4n) is 4.07. The van der Waals surface area contributed by atoms with Crippen molar-refractivity contribution in [1.82, 2.24) is 15.3 Å². The van der Waals surface area contributed by atoms with E-state index in [0.29, 0.717) is 28.0 Å². The summed E-state index contributed by atoms with van der Waals surface area (Å²) < 4.78 is 0. The molecule has 0 spiro atoms. The normalized spacial score (nSPS) is 11.6. The van der Waals surface area contributed by atoms with Crippen molar-refractivity contribution in [2.75, 3.05) is 18.5 Å². The second-order valence-electron chi connectivity index (χ2n) is 8.87. The molecule has 190 valence electrons. The Morgan fingerprint density at radius 3 is 2.38 bits per heavy atom. The lowest BCUT2D eigenvalue weighted by Gasteiger charge is -2.20. The van der Waals surface area contributed by atoms with Gasteiger partial charge < -0.3 is 10.2 Å². The Balaban J connectivity index is 1.46. The van der Waals surface area contributed by atoms with Gasteiger partial charge in [0.1, 0.15) is 11.0 Å². The van der Waals surface area contributed by atoms with Crippen molar-refractivity contribution in [2.45, 2.75) is 36.7 Å². The minimum atomic E-state index is -0.132. The molecule has 1 unspecified atom stereocenters. The summed E-state index contributed by atoms with van der Waals surface area (Å²) in [6, 6.07) is 29.7. The van der Waals surface area contributed by atoms with Crippen LogP contribution in [-0.4, -0.2) is 29.5 Å². The summed E-state index contributed by atoms with van der Waals surface area (Å²) in [6.45, 7) is 3.02. The van der Waals surface area contributed by atoms with Crippen LogP contribution in [-0.2, 0) is 12.2 Å². The lowest BCUT2D eigenvalue weighted by molar-refractivity contribution is 0.0936. The summed E-state index contributed by atoms with van der Waals surface area (Å²) in [5.74, 6) is 1.34. The van der Waals surface area contributed by atoms with E-state index in [1.165, 1.54) is 17.3 Å². The molecule has 1 amide bonds. The zero-order chi connectivity index (χ0) is 26.0. The van der Waals surface area contributed by atoms with E-state index in [4.69, 9.17) is 11.6 Å². The van der Waals surface area contributed by atoms with Gasteiger partial charge in [0.15, 0.2) is 5.16 Å². The Bertz CT molecular complexity index is 1300. The van der Waals surface area contributed by atoms with Gasteiger partial charge in [-0.15, -0.1) is 0 Å². The van der Waals surface area contributed by atoms with Gasteiger partial charge in [0, 0.05) is 31.0 Å². The van der Waals surface area contributed by atoms with Gasteiger partial charge in [0.05, 0.1) is 6.04 Å². The largest absolute Gasteiger partial charge is 0.360 e. The predicted molar refractivity (Wildman–Crippen MR) is 153 cm³/mol. The summed E-state index contributed by atoms with van der Waals surface area (Å²) in [5, 5.41) is 4.29. The fraction of sp³-hybridized carbons (Fsp3) is 0.233. The number of halogens is 1. The van der Waals surface area contributed by atoms with Crippen molar-refractivity contribution < 1.29 is 4.79 Å². The fourth-order valence-corrected chi connectivity index (χ4v) is 5.10. The third kappa shape index (κ3) is 7.81. The van der Waals surface area contributed by atoms with Crippen LogP contribution in [0.25, 0.3) is 0 Å². The number of rotatable bonds is 11. The van der Waals surface area contributed by atoms with Crippen molar-refractivity contribution in [3.05, 3.63) is 118 Å². The van der Waals surface area contributed by atoms with Crippen LogP contribution >= 0.6 is 23.4 Å². The monoisotopic (exact) mass is 530 g/mol. The number of anilines is 1. The van der Waals surface area contributed by atoms with Gasteiger partial charge >= 0.3 is 0 Å². The predicted octanol–water partition coefficient (Wildman–Crippen LogP) is 6.98. The average molecular weight is 531 g/mol. The zero-order valence-corrected chi connectivity index (χ0v) is 22.7. The van der Waals surface area contributed by atoms with Crippen molar-refractivity contribution in [3.63, 3.8) is 0 Å². The number of hydrogen-bond donors (Lipinski definition) is 1. The minimum Gasteiger partial charge on any atom is -0.360 e. The number of aromatic nitrogens is 2. The molecule has 4 aromatic rings. The molecule has 0 fully saturated rings. The molecule has 7 heteroatoms. The number of hydrogen-bond acceptors (Lipinski definition) is 5. The van der Waals surface area contributed by atoms with Crippen LogP contribution in [0.5, 0.6) is 0 Å². The zero-order valence-electron chi connectivity index (χ0n) is 21.1. The highest BCUT2D eigenvalue weighted by molar-refractivity contribution is 7.98. The Hall–Kier alpha value is -3.35.